The summed E-state index contributed by atoms with van der Waals surface area (Å²) in [4.78, 5) is 23.1. The SMILES string of the molecule is CCCCNc1nc2c(ncn2C2COC(CO)C(O)C2F)c(=O)[nH]1. The second kappa shape index (κ2) is 7.46. The number of aromatic amines is 1. The van der Waals surface area contributed by atoms with E-state index in [2.05, 4.69) is 20.3 Å². The van der Waals surface area contributed by atoms with Gasteiger partial charge in [-0.05, 0) is 6.42 Å². The van der Waals surface area contributed by atoms with E-state index in [0.717, 1.165) is 12.8 Å². The Labute approximate surface area is 142 Å². The van der Waals surface area contributed by atoms with Crippen molar-refractivity contribution in [3.8, 4) is 0 Å². The van der Waals surface area contributed by atoms with Gasteiger partial charge in [0.05, 0.1) is 25.6 Å². The molecule has 0 bridgehead atoms. The van der Waals surface area contributed by atoms with Gasteiger partial charge in [-0.15, -0.1) is 0 Å². The minimum absolute atomic E-state index is 0.0675. The number of aliphatic hydroxyl groups excluding tert-OH is 2. The third-order valence-corrected chi connectivity index (χ3v) is 4.35. The van der Waals surface area contributed by atoms with Crippen LogP contribution >= 0.6 is 0 Å². The molecule has 0 aromatic carbocycles. The summed E-state index contributed by atoms with van der Waals surface area (Å²) < 4.78 is 21.3. The van der Waals surface area contributed by atoms with Crippen LogP contribution in [0.3, 0.4) is 0 Å². The highest BCUT2D eigenvalue weighted by Gasteiger charge is 2.41. The quantitative estimate of drug-likeness (QED) is 0.536. The van der Waals surface area contributed by atoms with Gasteiger partial charge < -0.3 is 24.8 Å². The van der Waals surface area contributed by atoms with E-state index >= 15 is 0 Å². The Morgan fingerprint density at radius 2 is 2.36 bits per heavy atom. The van der Waals surface area contributed by atoms with Crippen LogP contribution in [0.15, 0.2) is 11.1 Å². The van der Waals surface area contributed by atoms with E-state index < -0.39 is 36.6 Å². The van der Waals surface area contributed by atoms with Crippen LogP contribution in [0, 0.1) is 0 Å². The molecule has 3 heterocycles. The van der Waals surface area contributed by atoms with Gasteiger partial charge >= 0.3 is 0 Å². The molecule has 0 saturated carbocycles. The average molecular weight is 355 g/mol. The number of alkyl halides is 1. The van der Waals surface area contributed by atoms with E-state index in [1.165, 1.54) is 10.9 Å². The minimum Gasteiger partial charge on any atom is -0.394 e. The predicted octanol–water partition coefficient (Wildman–Crippen LogP) is -0.0372. The van der Waals surface area contributed by atoms with Crippen molar-refractivity contribution in [2.75, 3.05) is 25.1 Å². The Bertz CT molecular complexity index is 779. The zero-order chi connectivity index (χ0) is 18.0. The molecule has 1 aliphatic heterocycles. The molecule has 4 unspecified atom stereocenters. The van der Waals surface area contributed by atoms with Crippen LogP contribution in [0.4, 0.5) is 10.3 Å². The van der Waals surface area contributed by atoms with Crippen molar-refractivity contribution in [1.82, 2.24) is 19.5 Å². The molecule has 2 aromatic rings. The van der Waals surface area contributed by atoms with Gasteiger partial charge in [0.25, 0.3) is 5.56 Å². The summed E-state index contributed by atoms with van der Waals surface area (Å²) in [6.45, 7) is 2.16. The Balaban J connectivity index is 1.92. The fourth-order valence-corrected chi connectivity index (χ4v) is 2.88. The number of nitrogens with one attached hydrogen (secondary N) is 2. The van der Waals surface area contributed by atoms with Gasteiger partial charge in [0.1, 0.15) is 12.2 Å². The van der Waals surface area contributed by atoms with Gasteiger partial charge in [-0.2, -0.15) is 4.98 Å². The highest BCUT2D eigenvalue weighted by Crippen LogP contribution is 2.29. The Kier molecular flexibility index (Phi) is 5.30. The summed E-state index contributed by atoms with van der Waals surface area (Å²) in [5.41, 5.74) is -0.121. The first-order valence-corrected chi connectivity index (χ1v) is 8.32. The maximum atomic E-state index is 14.6. The lowest BCUT2D eigenvalue weighted by molar-refractivity contribution is -0.148. The molecule has 138 valence electrons. The molecule has 1 saturated heterocycles. The molecule has 0 aliphatic carbocycles. The van der Waals surface area contributed by atoms with Gasteiger partial charge in [0, 0.05) is 6.54 Å². The number of ether oxygens (including phenoxy) is 1. The van der Waals surface area contributed by atoms with Gasteiger partial charge in [0.15, 0.2) is 17.3 Å². The van der Waals surface area contributed by atoms with Crippen molar-refractivity contribution < 1.29 is 19.3 Å². The molecular formula is C15H22FN5O4. The minimum atomic E-state index is -1.68. The number of hydrogen-bond acceptors (Lipinski definition) is 7. The van der Waals surface area contributed by atoms with Crippen LogP contribution in [-0.2, 0) is 4.74 Å². The lowest BCUT2D eigenvalue weighted by Gasteiger charge is -2.36. The van der Waals surface area contributed by atoms with E-state index in [4.69, 9.17) is 9.84 Å². The monoisotopic (exact) mass is 355 g/mol. The molecule has 25 heavy (non-hydrogen) atoms. The van der Waals surface area contributed by atoms with Crippen molar-refractivity contribution in [2.24, 2.45) is 0 Å². The molecule has 10 heteroatoms. The number of anilines is 1. The molecule has 1 fully saturated rings. The molecule has 9 nitrogen and oxygen atoms in total. The average Bonchev–Trinajstić information content (AvgIpc) is 3.02. The molecule has 0 radical (unpaired) electrons. The number of aliphatic hydroxyl groups is 2. The number of unbranched alkanes of at least 4 members (excludes halogenated alkanes) is 1. The normalized spacial score (nSPS) is 26.9. The number of hydrogen-bond donors (Lipinski definition) is 4. The van der Waals surface area contributed by atoms with Crippen LogP contribution in [0.1, 0.15) is 25.8 Å². The van der Waals surface area contributed by atoms with Gasteiger partial charge in [-0.25, -0.2) is 9.37 Å². The number of nitrogens with zero attached hydrogens (tertiary/aromatic N) is 3. The molecule has 2 aromatic heterocycles. The van der Waals surface area contributed by atoms with E-state index in [-0.39, 0.29) is 23.7 Å². The number of rotatable bonds is 6. The Hall–Kier alpha value is -2.04. The van der Waals surface area contributed by atoms with E-state index in [1.807, 2.05) is 6.92 Å². The highest BCUT2D eigenvalue weighted by atomic mass is 19.1. The highest BCUT2D eigenvalue weighted by molar-refractivity contribution is 5.71. The largest absolute Gasteiger partial charge is 0.394 e. The van der Waals surface area contributed by atoms with Crippen molar-refractivity contribution >= 4 is 17.1 Å². The molecular weight excluding hydrogens is 333 g/mol. The van der Waals surface area contributed by atoms with E-state index in [0.29, 0.717) is 6.54 Å². The van der Waals surface area contributed by atoms with Crippen molar-refractivity contribution in [1.29, 1.82) is 0 Å². The Morgan fingerprint density at radius 3 is 3.08 bits per heavy atom. The number of H-pyrrole nitrogens is 1. The second-order valence-electron chi connectivity index (χ2n) is 6.08. The predicted molar refractivity (Wildman–Crippen MR) is 88.3 cm³/mol. The van der Waals surface area contributed by atoms with Crippen LogP contribution < -0.4 is 10.9 Å². The maximum absolute atomic E-state index is 14.6. The maximum Gasteiger partial charge on any atom is 0.280 e. The van der Waals surface area contributed by atoms with Crippen molar-refractivity contribution in [3.05, 3.63) is 16.7 Å². The molecule has 1 aliphatic rings. The standard InChI is InChI=1S/C15H22FN5O4/c1-2-3-4-17-15-19-13-11(14(24)20-15)18-7-21(13)8-6-25-9(5-22)12(23)10(8)16/h7-10,12,22-23H,2-6H2,1H3,(H2,17,19,20,24). The third kappa shape index (κ3) is 3.37. The number of halogens is 1. The number of imidazole rings is 1. The molecule has 3 rings (SSSR count). The zero-order valence-corrected chi connectivity index (χ0v) is 13.9. The number of aromatic nitrogens is 4. The van der Waals surface area contributed by atoms with Crippen LogP contribution in [0.2, 0.25) is 0 Å². The summed E-state index contributed by atoms with van der Waals surface area (Å²) in [6, 6.07) is -0.888. The third-order valence-electron chi connectivity index (χ3n) is 4.35. The molecule has 0 amide bonds. The first kappa shape index (κ1) is 17.8. The topological polar surface area (TPSA) is 125 Å². The van der Waals surface area contributed by atoms with Crippen molar-refractivity contribution in [2.45, 2.75) is 44.2 Å². The summed E-state index contributed by atoms with van der Waals surface area (Å²) >= 11 is 0. The van der Waals surface area contributed by atoms with Crippen LogP contribution in [0.5, 0.6) is 0 Å². The fraction of sp³-hybridized carbons (Fsp3) is 0.667. The second-order valence-corrected chi connectivity index (χ2v) is 6.08. The van der Waals surface area contributed by atoms with Gasteiger partial charge in [0.2, 0.25) is 5.95 Å². The Morgan fingerprint density at radius 1 is 1.56 bits per heavy atom. The molecule has 4 atom stereocenters. The number of fused-ring (bicyclic) bond motifs is 1. The zero-order valence-electron chi connectivity index (χ0n) is 13.9. The van der Waals surface area contributed by atoms with E-state index in [9.17, 15) is 14.3 Å². The van der Waals surface area contributed by atoms with Crippen LogP contribution in [-0.4, -0.2) is 67.9 Å². The lowest BCUT2D eigenvalue weighted by atomic mass is 9.99. The van der Waals surface area contributed by atoms with Crippen molar-refractivity contribution in [3.63, 3.8) is 0 Å². The van der Waals surface area contributed by atoms with E-state index in [1.54, 1.807) is 0 Å². The molecule has 0 spiro atoms. The fourth-order valence-electron chi connectivity index (χ4n) is 2.88. The smallest absolute Gasteiger partial charge is 0.280 e. The first-order valence-electron chi connectivity index (χ1n) is 8.32. The first-order chi connectivity index (χ1) is 12.1. The molecule has 4 N–H and O–H groups in total. The summed E-state index contributed by atoms with van der Waals surface area (Å²) in [5.74, 6) is 0.286. The summed E-state index contributed by atoms with van der Waals surface area (Å²) in [7, 11) is 0. The summed E-state index contributed by atoms with van der Waals surface area (Å²) in [6.07, 6.45) is -0.895. The summed E-state index contributed by atoms with van der Waals surface area (Å²) in [5, 5.41) is 22.1. The van der Waals surface area contributed by atoms with Gasteiger partial charge in [-0.1, -0.05) is 13.3 Å². The lowest BCUT2D eigenvalue weighted by Crippen LogP contribution is -2.50. The van der Waals surface area contributed by atoms with Crippen LogP contribution in [0.25, 0.3) is 11.2 Å². The van der Waals surface area contributed by atoms with Gasteiger partial charge in [-0.3, -0.25) is 9.78 Å².